The third kappa shape index (κ3) is 7.42. The molecule has 0 saturated heterocycles. The molecule has 1 amide bonds. The molecule has 11 nitrogen and oxygen atoms in total. The zero-order chi connectivity index (χ0) is 39.2. The Labute approximate surface area is 329 Å². The molecule has 0 radical (unpaired) electrons. The van der Waals surface area contributed by atoms with Crippen LogP contribution in [-0.4, -0.2) is 67.4 Å². The average molecular weight is 795 g/mol. The van der Waals surface area contributed by atoms with Gasteiger partial charge in [0.25, 0.3) is 5.91 Å². The van der Waals surface area contributed by atoms with Gasteiger partial charge < -0.3 is 29.6 Å². The number of aliphatic hydroxyl groups is 1. The molecular formula is C41H46Cl2FN5O6. The van der Waals surface area contributed by atoms with E-state index in [-0.39, 0.29) is 59.1 Å². The van der Waals surface area contributed by atoms with Gasteiger partial charge in [-0.25, -0.2) is 9.37 Å². The monoisotopic (exact) mass is 793 g/mol. The molecule has 1 aliphatic heterocycles. The molecule has 4 N–H and O–H groups in total. The topological polar surface area (TPSA) is 138 Å². The summed E-state index contributed by atoms with van der Waals surface area (Å²) >= 11 is 13.7. The number of hydrogen-bond acceptors (Lipinski definition) is 8. The normalized spacial score (nSPS) is 18.0. The first-order valence-corrected chi connectivity index (χ1v) is 19.5. The fraction of sp³-hybridized carbons (Fsp3) is 0.439. The number of carboxylic acids is 1. The molecule has 2 atom stereocenters. The Morgan fingerprint density at radius 3 is 2.51 bits per heavy atom. The summed E-state index contributed by atoms with van der Waals surface area (Å²) < 4.78 is 30.3. The summed E-state index contributed by atoms with van der Waals surface area (Å²) in [5.74, 6) is -1.40. The number of imidazole rings is 1. The van der Waals surface area contributed by atoms with Crippen LogP contribution in [0.5, 0.6) is 11.5 Å². The lowest BCUT2D eigenvalue weighted by Gasteiger charge is -2.38. The van der Waals surface area contributed by atoms with E-state index in [1.807, 2.05) is 62.7 Å². The van der Waals surface area contributed by atoms with E-state index < -0.39 is 23.4 Å². The number of nitrogens with one attached hydrogen (secondary N) is 2. The maximum absolute atomic E-state index is 16.0. The van der Waals surface area contributed by atoms with Gasteiger partial charge in [-0.1, -0.05) is 53.5 Å². The van der Waals surface area contributed by atoms with Gasteiger partial charge in [0.05, 0.1) is 29.1 Å². The number of carbonyl (C=O) groups excluding carboxylic acids is 1. The molecule has 292 valence electrons. The van der Waals surface area contributed by atoms with E-state index in [0.29, 0.717) is 42.9 Å². The van der Waals surface area contributed by atoms with E-state index in [1.54, 1.807) is 12.1 Å². The highest BCUT2D eigenvalue weighted by Crippen LogP contribution is 2.46. The number of rotatable bonds is 13. The molecule has 3 aromatic carbocycles. The van der Waals surface area contributed by atoms with Crippen LogP contribution in [0.1, 0.15) is 91.3 Å². The van der Waals surface area contributed by atoms with Gasteiger partial charge in [-0.15, -0.1) is 0 Å². The van der Waals surface area contributed by atoms with Gasteiger partial charge >= 0.3 is 5.97 Å². The fourth-order valence-electron chi connectivity index (χ4n) is 7.88. The van der Waals surface area contributed by atoms with Crippen LogP contribution >= 0.6 is 23.2 Å². The van der Waals surface area contributed by atoms with E-state index in [0.717, 1.165) is 53.0 Å². The highest BCUT2D eigenvalue weighted by Gasteiger charge is 2.44. The van der Waals surface area contributed by atoms with Crippen molar-refractivity contribution in [1.82, 2.24) is 19.8 Å². The highest BCUT2D eigenvalue weighted by molar-refractivity contribution is 6.36. The number of anilines is 1. The minimum absolute atomic E-state index is 0.000212. The van der Waals surface area contributed by atoms with Crippen molar-refractivity contribution >= 4 is 40.8 Å². The molecule has 0 bridgehead atoms. The SMILES string of the molecule is CC(C)Oc1cc(OC2CCc3c(-c4cccc(NC(=O)c5nc6c(n5C)CCN(C(C)CO)C6)c4Cl)cccc32)c(Cl)c(F)c1CNC1(C(=O)O)CCC1. The predicted molar refractivity (Wildman–Crippen MR) is 209 cm³/mol. The molecule has 3 aliphatic rings. The largest absolute Gasteiger partial charge is 0.490 e. The number of nitrogens with zero attached hydrogens (tertiary/aromatic N) is 3. The molecule has 7 rings (SSSR count). The first kappa shape index (κ1) is 39.1. The van der Waals surface area contributed by atoms with Crippen LogP contribution in [-0.2, 0) is 37.8 Å². The number of aromatic nitrogens is 2. The summed E-state index contributed by atoms with van der Waals surface area (Å²) in [7, 11) is 1.84. The van der Waals surface area contributed by atoms with Crippen molar-refractivity contribution in [3.05, 3.63) is 92.2 Å². The number of carbonyl (C=O) groups is 2. The summed E-state index contributed by atoms with van der Waals surface area (Å²) in [6.07, 6.45) is 2.96. The Morgan fingerprint density at radius 2 is 1.82 bits per heavy atom. The summed E-state index contributed by atoms with van der Waals surface area (Å²) in [5.41, 5.74) is 4.89. The van der Waals surface area contributed by atoms with Crippen LogP contribution in [0.15, 0.2) is 42.5 Å². The molecule has 0 spiro atoms. The van der Waals surface area contributed by atoms with Gasteiger partial charge in [0.2, 0.25) is 0 Å². The summed E-state index contributed by atoms with van der Waals surface area (Å²) in [6.45, 7) is 6.94. The van der Waals surface area contributed by atoms with E-state index >= 15 is 4.39 Å². The fourth-order valence-corrected chi connectivity index (χ4v) is 8.37. The van der Waals surface area contributed by atoms with E-state index in [9.17, 15) is 19.8 Å². The number of benzene rings is 3. The van der Waals surface area contributed by atoms with Crippen LogP contribution in [0.25, 0.3) is 11.1 Å². The number of aliphatic carboxylic acids is 1. The third-order valence-corrected chi connectivity index (χ3v) is 12.0. The second-order valence-corrected chi connectivity index (χ2v) is 15.8. The zero-order valence-corrected chi connectivity index (χ0v) is 32.9. The lowest BCUT2D eigenvalue weighted by atomic mass is 9.76. The van der Waals surface area contributed by atoms with Crippen LogP contribution in [0, 0.1) is 5.82 Å². The Kier molecular flexibility index (Phi) is 11.2. The smallest absolute Gasteiger partial charge is 0.323 e. The molecule has 14 heteroatoms. The number of aliphatic hydroxyl groups excluding tert-OH is 1. The van der Waals surface area contributed by atoms with Crippen molar-refractivity contribution in [3.8, 4) is 22.6 Å². The lowest BCUT2D eigenvalue weighted by molar-refractivity contribution is -0.148. The lowest BCUT2D eigenvalue weighted by Crippen LogP contribution is -2.56. The number of carboxylic acid groups (broad SMARTS) is 1. The maximum Gasteiger partial charge on any atom is 0.323 e. The van der Waals surface area contributed by atoms with Gasteiger partial charge in [-0.2, -0.15) is 0 Å². The molecule has 1 saturated carbocycles. The molecule has 2 heterocycles. The predicted octanol–water partition coefficient (Wildman–Crippen LogP) is 7.47. The first-order valence-electron chi connectivity index (χ1n) is 18.8. The molecule has 55 heavy (non-hydrogen) atoms. The van der Waals surface area contributed by atoms with Crippen molar-refractivity contribution in [3.63, 3.8) is 0 Å². The van der Waals surface area contributed by atoms with Crippen molar-refractivity contribution in [2.24, 2.45) is 7.05 Å². The zero-order valence-electron chi connectivity index (χ0n) is 31.3. The molecule has 2 aliphatic carbocycles. The van der Waals surface area contributed by atoms with Crippen LogP contribution < -0.4 is 20.1 Å². The second kappa shape index (κ2) is 15.7. The number of hydrogen-bond donors (Lipinski definition) is 4. The molecule has 4 aromatic rings. The molecule has 2 unspecified atom stereocenters. The number of fused-ring (bicyclic) bond motifs is 2. The molecular weight excluding hydrogens is 748 g/mol. The molecule has 1 fully saturated rings. The van der Waals surface area contributed by atoms with Crippen molar-refractivity contribution in [2.45, 2.75) is 96.2 Å². The standard InChI is InChI=1S/C41H46Cl2FN5O6/c1-22(2)54-33-18-34(36(43)37(44)28(33)19-45-41(40(52)53)15-7-16-41)55-32-13-12-25-24(8-5-9-26(25)32)27-10-6-11-29(35(27)42)47-39(51)38-46-30-20-49(23(3)21-50)17-14-31(30)48(38)4/h5-6,8-11,18,22-23,32,45,50H,7,12-17,19-21H2,1-4H3,(H,47,51)(H,52,53). The quantitative estimate of drug-likeness (QED) is 0.109. The second-order valence-electron chi connectivity index (χ2n) is 15.0. The Bertz CT molecular complexity index is 2140. The summed E-state index contributed by atoms with van der Waals surface area (Å²) in [6, 6.07) is 13.0. The van der Waals surface area contributed by atoms with Gasteiger partial charge in [0, 0.05) is 62.0 Å². The van der Waals surface area contributed by atoms with Crippen LogP contribution in [0.2, 0.25) is 10.0 Å². The minimum Gasteiger partial charge on any atom is -0.490 e. The Morgan fingerprint density at radius 1 is 1.07 bits per heavy atom. The number of ether oxygens (including phenoxy) is 2. The maximum atomic E-state index is 16.0. The van der Waals surface area contributed by atoms with E-state index in [1.165, 1.54) is 0 Å². The summed E-state index contributed by atoms with van der Waals surface area (Å²) in [4.78, 5) is 32.4. The van der Waals surface area contributed by atoms with Crippen molar-refractivity contribution in [2.75, 3.05) is 18.5 Å². The van der Waals surface area contributed by atoms with Gasteiger partial charge in [-0.05, 0) is 75.6 Å². The van der Waals surface area contributed by atoms with Gasteiger partial charge in [-0.3, -0.25) is 19.8 Å². The minimum atomic E-state index is -1.09. The number of amides is 1. The van der Waals surface area contributed by atoms with Crippen LogP contribution in [0.4, 0.5) is 10.1 Å². The van der Waals surface area contributed by atoms with Crippen LogP contribution in [0.3, 0.4) is 0 Å². The average Bonchev–Trinajstić information content (AvgIpc) is 3.71. The Hall–Kier alpha value is -4.20. The van der Waals surface area contributed by atoms with Gasteiger partial charge in [0.15, 0.2) is 11.6 Å². The van der Waals surface area contributed by atoms with Crippen molar-refractivity contribution in [1.29, 1.82) is 0 Å². The highest BCUT2D eigenvalue weighted by atomic mass is 35.5. The van der Waals surface area contributed by atoms with E-state index in [2.05, 4.69) is 20.5 Å². The van der Waals surface area contributed by atoms with Gasteiger partial charge in [0.1, 0.15) is 28.2 Å². The third-order valence-electron chi connectivity index (χ3n) is 11.2. The molecule has 1 aromatic heterocycles. The first-order chi connectivity index (χ1) is 26.3. The van der Waals surface area contributed by atoms with E-state index in [4.69, 9.17) is 32.7 Å². The Balaban J connectivity index is 1.12. The van der Waals surface area contributed by atoms with Crippen molar-refractivity contribution < 1.29 is 33.7 Å². The summed E-state index contributed by atoms with van der Waals surface area (Å²) in [5, 5.41) is 25.6. The number of halogens is 3.